The first-order valence-electron chi connectivity index (χ1n) is 15.8. The van der Waals surface area contributed by atoms with E-state index in [0.29, 0.717) is 145 Å². The maximum absolute atomic E-state index is 11.6. The highest BCUT2D eigenvalue weighted by molar-refractivity contribution is 5.67. The summed E-state index contributed by atoms with van der Waals surface area (Å²) in [5.41, 5.74) is 0.937. The fourth-order valence-corrected chi connectivity index (χ4v) is 3.27. The van der Waals surface area contributed by atoms with Crippen LogP contribution in [0.4, 0.5) is 4.79 Å². The van der Waals surface area contributed by atoms with E-state index < -0.39 is 6.09 Å². The molecule has 14 nitrogen and oxygen atoms in total. The topological polar surface area (TPSA) is 140 Å². The first kappa shape index (κ1) is 41.7. The van der Waals surface area contributed by atoms with E-state index in [4.69, 9.17) is 56.8 Å². The average Bonchev–Trinajstić information content (AvgIpc) is 3.08. The van der Waals surface area contributed by atoms with Gasteiger partial charge in [0, 0.05) is 6.54 Å². The van der Waals surface area contributed by atoms with Crippen LogP contribution in [-0.4, -0.2) is 151 Å². The molecule has 0 atom stereocenters. The number of ether oxygens (including phenoxy) is 12. The molecule has 0 bridgehead atoms. The zero-order chi connectivity index (χ0) is 32.9. The molecule has 0 aromatic heterocycles. The number of hydrogen-bond acceptors (Lipinski definition) is 13. The van der Waals surface area contributed by atoms with Crippen LogP contribution in [0.5, 0.6) is 0 Å². The van der Waals surface area contributed by atoms with E-state index >= 15 is 0 Å². The molecule has 0 heterocycles. The summed E-state index contributed by atoms with van der Waals surface area (Å²) in [4.78, 5) is 11.6. The molecule has 266 valence electrons. The van der Waals surface area contributed by atoms with Crippen molar-refractivity contribution in [2.45, 2.75) is 6.61 Å². The third kappa shape index (κ3) is 31.6. The molecule has 0 aliphatic heterocycles. The summed E-state index contributed by atoms with van der Waals surface area (Å²) < 4.78 is 64.4. The summed E-state index contributed by atoms with van der Waals surface area (Å²) in [6.07, 6.45) is 0.923. The van der Waals surface area contributed by atoms with Crippen LogP contribution in [0.15, 0.2) is 43.2 Å². The lowest BCUT2D eigenvalue weighted by molar-refractivity contribution is -0.0268. The molecule has 46 heavy (non-hydrogen) atoms. The molecular formula is C32H55NO13. The zero-order valence-electron chi connectivity index (χ0n) is 27.2. The normalized spacial score (nSPS) is 11.0. The Morgan fingerprint density at radius 2 is 0.826 bits per heavy atom. The Balaban J connectivity index is 1.64. The van der Waals surface area contributed by atoms with Crippen LogP contribution in [0.2, 0.25) is 0 Å². The molecule has 0 saturated carbocycles. The number of hydrogen-bond donors (Lipinski definition) is 1. The van der Waals surface area contributed by atoms with Crippen LogP contribution in [0.25, 0.3) is 0 Å². The van der Waals surface area contributed by atoms with Gasteiger partial charge in [0.1, 0.15) is 13.2 Å². The minimum absolute atomic E-state index is 0.237. The van der Waals surface area contributed by atoms with Crippen LogP contribution in [0.3, 0.4) is 0 Å². The molecular weight excluding hydrogens is 606 g/mol. The van der Waals surface area contributed by atoms with E-state index in [1.54, 1.807) is 0 Å². The van der Waals surface area contributed by atoms with Gasteiger partial charge < -0.3 is 62.2 Å². The van der Waals surface area contributed by atoms with E-state index in [-0.39, 0.29) is 6.61 Å². The second-order valence-corrected chi connectivity index (χ2v) is 9.15. The fourth-order valence-electron chi connectivity index (χ4n) is 3.27. The number of benzene rings is 1. The van der Waals surface area contributed by atoms with Gasteiger partial charge in [0.15, 0.2) is 0 Å². The molecule has 1 aromatic rings. The van der Waals surface area contributed by atoms with Gasteiger partial charge in [0.05, 0.1) is 138 Å². The summed E-state index contributed by atoms with van der Waals surface area (Å²) in [5.74, 6) is 0. The fraction of sp³-hybridized carbons (Fsp3) is 0.719. The van der Waals surface area contributed by atoms with Gasteiger partial charge in [-0.15, -0.1) is 0 Å². The lowest BCUT2D eigenvalue weighted by Crippen LogP contribution is -2.28. The number of amides is 1. The van der Waals surface area contributed by atoms with E-state index in [9.17, 15) is 4.79 Å². The zero-order valence-corrected chi connectivity index (χ0v) is 27.2. The molecule has 0 fully saturated rings. The van der Waals surface area contributed by atoms with Crippen molar-refractivity contribution in [3.63, 3.8) is 0 Å². The van der Waals surface area contributed by atoms with Gasteiger partial charge in [-0.2, -0.15) is 0 Å². The summed E-state index contributed by atoms with van der Waals surface area (Å²) in [6, 6.07) is 9.50. The SMILES string of the molecule is C=COCCOCCOCCOCCOCCOCCOCCOCCOCCOCCOCCNC(=O)OCc1ccccc1. The monoisotopic (exact) mass is 661 g/mol. The van der Waals surface area contributed by atoms with Crippen molar-refractivity contribution in [1.29, 1.82) is 0 Å². The number of rotatable bonds is 36. The summed E-state index contributed by atoms with van der Waals surface area (Å²) in [7, 11) is 0. The first-order valence-corrected chi connectivity index (χ1v) is 15.8. The van der Waals surface area contributed by atoms with Crippen LogP contribution >= 0.6 is 0 Å². The Kier molecular flexibility index (Phi) is 32.1. The Bertz CT molecular complexity index is 776. The molecule has 1 amide bonds. The van der Waals surface area contributed by atoms with E-state index in [0.717, 1.165) is 5.56 Å². The van der Waals surface area contributed by atoms with Gasteiger partial charge >= 0.3 is 6.09 Å². The summed E-state index contributed by atoms with van der Waals surface area (Å²) in [6.45, 7) is 14.3. The van der Waals surface area contributed by atoms with Crippen LogP contribution in [0.1, 0.15) is 5.56 Å². The molecule has 0 unspecified atom stereocenters. The van der Waals surface area contributed by atoms with Gasteiger partial charge in [-0.05, 0) is 5.56 Å². The maximum Gasteiger partial charge on any atom is 0.407 e. The second kappa shape index (κ2) is 35.5. The molecule has 1 rings (SSSR count). The van der Waals surface area contributed by atoms with Crippen LogP contribution in [-0.2, 0) is 63.4 Å². The number of alkyl carbamates (subject to hydrolysis) is 1. The van der Waals surface area contributed by atoms with E-state index in [1.807, 2.05) is 30.3 Å². The van der Waals surface area contributed by atoms with Gasteiger partial charge in [-0.3, -0.25) is 0 Å². The van der Waals surface area contributed by atoms with E-state index in [2.05, 4.69) is 11.9 Å². The molecule has 0 saturated heterocycles. The van der Waals surface area contributed by atoms with Gasteiger partial charge in [0.25, 0.3) is 0 Å². The Hall–Kier alpha value is -2.37. The van der Waals surface area contributed by atoms with Crippen molar-refractivity contribution >= 4 is 6.09 Å². The smallest absolute Gasteiger partial charge is 0.407 e. The summed E-state index contributed by atoms with van der Waals surface area (Å²) >= 11 is 0. The lowest BCUT2D eigenvalue weighted by atomic mass is 10.2. The Morgan fingerprint density at radius 3 is 1.17 bits per heavy atom. The van der Waals surface area contributed by atoms with Crippen molar-refractivity contribution < 1.29 is 61.6 Å². The van der Waals surface area contributed by atoms with Crippen molar-refractivity contribution in [3.05, 3.63) is 48.7 Å². The Morgan fingerprint density at radius 1 is 0.500 bits per heavy atom. The molecule has 14 heteroatoms. The van der Waals surface area contributed by atoms with Crippen molar-refractivity contribution in [2.75, 3.05) is 145 Å². The van der Waals surface area contributed by atoms with Gasteiger partial charge in [0.2, 0.25) is 0 Å². The Labute approximate surface area is 273 Å². The predicted molar refractivity (Wildman–Crippen MR) is 169 cm³/mol. The molecule has 0 aliphatic carbocycles. The molecule has 1 N–H and O–H groups in total. The van der Waals surface area contributed by atoms with Gasteiger partial charge in [-0.25, -0.2) is 4.79 Å². The highest BCUT2D eigenvalue weighted by atomic mass is 16.6. The lowest BCUT2D eigenvalue weighted by Gasteiger charge is -2.09. The molecule has 0 radical (unpaired) electrons. The molecule has 0 spiro atoms. The molecule has 0 aliphatic rings. The first-order chi connectivity index (χ1) is 22.8. The largest absolute Gasteiger partial charge is 0.499 e. The van der Waals surface area contributed by atoms with Crippen molar-refractivity contribution in [3.8, 4) is 0 Å². The predicted octanol–water partition coefficient (Wildman–Crippen LogP) is 2.24. The molecule has 1 aromatic carbocycles. The third-order valence-corrected chi connectivity index (χ3v) is 5.54. The average molecular weight is 662 g/mol. The third-order valence-electron chi connectivity index (χ3n) is 5.54. The van der Waals surface area contributed by atoms with Crippen molar-refractivity contribution in [1.82, 2.24) is 5.32 Å². The number of carbonyl (C=O) groups is 1. The van der Waals surface area contributed by atoms with Gasteiger partial charge in [-0.1, -0.05) is 36.9 Å². The second-order valence-electron chi connectivity index (χ2n) is 9.15. The summed E-state index contributed by atoms with van der Waals surface area (Å²) in [5, 5.41) is 2.64. The quantitative estimate of drug-likeness (QED) is 0.0832. The van der Waals surface area contributed by atoms with Crippen molar-refractivity contribution in [2.24, 2.45) is 0 Å². The van der Waals surface area contributed by atoms with E-state index in [1.165, 1.54) is 6.26 Å². The van der Waals surface area contributed by atoms with Crippen LogP contribution in [0, 0.1) is 0 Å². The van der Waals surface area contributed by atoms with Crippen LogP contribution < -0.4 is 5.32 Å². The highest BCUT2D eigenvalue weighted by Crippen LogP contribution is 2.00. The maximum atomic E-state index is 11.6. The minimum atomic E-state index is -0.470. The highest BCUT2D eigenvalue weighted by Gasteiger charge is 2.02. The number of carbonyl (C=O) groups excluding carboxylic acids is 1. The number of nitrogens with one attached hydrogen (secondary N) is 1. The minimum Gasteiger partial charge on any atom is -0.499 e. The standard InChI is InChI=1S/C32H55NO13/c1-2-35-10-11-37-14-15-39-18-19-41-22-23-43-26-27-45-29-28-44-25-24-42-21-20-40-17-16-38-13-12-36-9-8-33-32(34)46-30-31-6-4-3-5-7-31/h2-7H,1,8-30H2,(H,33,34).